The van der Waals surface area contributed by atoms with Crippen LogP contribution in [-0.4, -0.2) is 21.4 Å². The number of nitrogens with zero attached hydrogens (tertiary/aromatic N) is 4. The van der Waals surface area contributed by atoms with E-state index < -0.39 is 4.92 Å². The van der Waals surface area contributed by atoms with Gasteiger partial charge in [-0.3, -0.25) is 10.1 Å². The molecule has 7 heteroatoms. The minimum atomic E-state index is -0.399. The highest BCUT2D eigenvalue weighted by atomic mass is 16.6. The molecule has 1 N–H and O–H groups in total. The summed E-state index contributed by atoms with van der Waals surface area (Å²) < 4.78 is 0. The summed E-state index contributed by atoms with van der Waals surface area (Å²) >= 11 is 0. The molecule has 1 aliphatic rings. The molecule has 28 heavy (non-hydrogen) atoms. The van der Waals surface area contributed by atoms with Crippen LogP contribution >= 0.6 is 0 Å². The lowest BCUT2D eigenvalue weighted by Crippen LogP contribution is -2.31. The second-order valence-corrected chi connectivity index (χ2v) is 6.96. The highest BCUT2D eigenvalue weighted by molar-refractivity contribution is 5.76. The lowest BCUT2D eigenvalue weighted by Gasteiger charge is -2.29. The Morgan fingerprint density at radius 3 is 2.64 bits per heavy atom. The molecule has 3 aromatic rings. The number of fused-ring (bicyclic) bond motifs is 1. The van der Waals surface area contributed by atoms with Crippen molar-refractivity contribution in [2.24, 2.45) is 0 Å². The SMILES string of the molecule is Cc1cccc(Nc2ncnc(N3CCc4ccccc4C3)c2[N+](=O)[O-])c1C. The van der Waals surface area contributed by atoms with Crippen LogP contribution in [-0.2, 0) is 13.0 Å². The van der Waals surface area contributed by atoms with Gasteiger partial charge in [0, 0.05) is 18.8 Å². The predicted octanol–water partition coefficient (Wildman–Crippen LogP) is 4.31. The van der Waals surface area contributed by atoms with Gasteiger partial charge in [0.25, 0.3) is 0 Å². The summed E-state index contributed by atoms with van der Waals surface area (Å²) in [6.45, 7) is 5.26. The van der Waals surface area contributed by atoms with Gasteiger partial charge < -0.3 is 10.2 Å². The lowest BCUT2D eigenvalue weighted by molar-refractivity contribution is -0.383. The average Bonchev–Trinajstić information content (AvgIpc) is 2.70. The molecule has 0 fully saturated rings. The Kier molecular flexibility index (Phi) is 4.65. The molecule has 1 aromatic heterocycles. The van der Waals surface area contributed by atoms with Gasteiger partial charge in [-0.1, -0.05) is 36.4 Å². The molecule has 142 valence electrons. The van der Waals surface area contributed by atoms with Crippen LogP contribution < -0.4 is 10.2 Å². The number of benzene rings is 2. The fourth-order valence-electron chi connectivity index (χ4n) is 3.55. The van der Waals surface area contributed by atoms with Gasteiger partial charge in [0.2, 0.25) is 11.6 Å². The van der Waals surface area contributed by atoms with E-state index in [0.29, 0.717) is 18.9 Å². The number of hydrogen-bond acceptors (Lipinski definition) is 6. The zero-order chi connectivity index (χ0) is 19.7. The van der Waals surface area contributed by atoms with Crippen molar-refractivity contribution in [2.45, 2.75) is 26.8 Å². The molecule has 2 heterocycles. The standard InChI is InChI=1S/C21H21N5O2/c1-14-6-5-9-18(15(14)2)24-20-19(26(27)28)21(23-13-22-20)25-11-10-16-7-3-4-8-17(16)12-25/h3-9,13H,10-12H2,1-2H3,(H,22,23,24). The lowest BCUT2D eigenvalue weighted by atomic mass is 10.00. The van der Waals surface area contributed by atoms with Crippen LogP contribution in [0.5, 0.6) is 0 Å². The fourth-order valence-corrected chi connectivity index (χ4v) is 3.55. The average molecular weight is 375 g/mol. The van der Waals surface area contributed by atoms with Crippen molar-refractivity contribution in [3.8, 4) is 0 Å². The Bertz CT molecular complexity index is 1050. The zero-order valence-electron chi connectivity index (χ0n) is 15.8. The van der Waals surface area contributed by atoms with Gasteiger partial charge in [-0.05, 0) is 48.6 Å². The van der Waals surface area contributed by atoms with Gasteiger partial charge >= 0.3 is 5.69 Å². The molecule has 4 rings (SSSR count). The first-order chi connectivity index (χ1) is 13.5. The summed E-state index contributed by atoms with van der Waals surface area (Å²) in [5, 5.41) is 15.1. The highest BCUT2D eigenvalue weighted by Crippen LogP contribution is 2.36. The first-order valence-corrected chi connectivity index (χ1v) is 9.19. The first kappa shape index (κ1) is 17.9. The smallest absolute Gasteiger partial charge is 0.346 e. The van der Waals surface area contributed by atoms with E-state index in [1.165, 1.54) is 17.5 Å². The number of hydrogen-bond donors (Lipinski definition) is 1. The van der Waals surface area contributed by atoms with Crippen molar-refractivity contribution in [1.29, 1.82) is 0 Å². The van der Waals surface area contributed by atoms with Crippen molar-refractivity contribution >= 4 is 23.0 Å². The molecule has 0 radical (unpaired) electrons. The molecule has 2 aromatic carbocycles. The summed E-state index contributed by atoms with van der Waals surface area (Å²) in [6, 6.07) is 14.0. The Hall–Kier alpha value is -3.48. The molecule has 0 bridgehead atoms. The molecule has 0 aliphatic carbocycles. The minimum Gasteiger partial charge on any atom is -0.346 e. The third-order valence-corrected chi connectivity index (χ3v) is 5.27. The minimum absolute atomic E-state index is 0.0946. The normalized spacial score (nSPS) is 13.1. The molecule has 7 nitrogen and oxygen atoms in total. The van der Waals surface area contributed by atoms with E-state index in [-0.39, 0.29) is 11.5 Å². The van der Waals surface area contributed by atoms with E-state index in [4.69, 9.17) is 0 Å². The Labute approximate surface area is 163 Å². The molecule has 0 atom stereocenters. The maximum absolute atomic E-state index is 11.9. The van der Waals surface area contributed by atoms with Crippen LogP contribution in [0.1, 0.15) is 22.3 Å². The third kappa shape index (κ3) is 3.26. The number of aromatic nitrogens is 2. The number of aryl methyl sites for hydroxylation is 1. The van der Waals surface area contributed by atoms with Gasteiger partial charge in [-0.25, -0.2) is 9.97 Å². The topological polar surface area (TPSA) is 84.2 Å². The van der Waals surface area contributed by atoms with Crippen molar-refractivity contribution in [2.75, 3.05) is 16.8 Å². The summed E-state index contributed by atoms with van der Waals surface area (Å²) in [6.07, 6.45) is 2.22. The quantitative estimate of drug-likeness (QED) is 0.540. The van der Waals surface area contributed by atoms with Gasteiger partial charge in [0.15, 0.2) is 0 Å². The summed E-state index contributed by atoms with van der Waals surface area (Å²) in [5.41, 5.74) is 5.30. The first-order valence-electron chi connectivity index (χ1n) is 9.19. The van der Waals surface area contributed by atoms with Gasteiger partial charge in [-0.2, -0.15) is 0 Å². The Morgan fingerprint density at radius 1 is 1.07 bits per heavy atom. The van der Waals surface area contributed by atoms with Crippen LogP contribution in [0.15, 0.2) is 48.8 Å². The van der Waals surface area contributed by atoms with Crippen molar-refractivity contribution < 1.29 is 4.92 Å². The molecule has 0 unspecified atom stereocenters. The van der Waals surface area contributed by atoms with E-state index in [9.17, 15) is 10.1 Å². The summed E-state index contributed by atoms with van der Waals surface area (Å²) in [5.74, 6) is 0.560. The van der Waals surface area contributed by atoms with E-state index in [1.54, 1.807) is 0 Å². The Balaban J connectivity index is 1.73. The fraction of sp³-hybridized carbons (Fsp3) is 0.238. The van der Waals surface area contributed by atoms with E-state index in [1.807, 2.05) is 49.1 Å². The zero-order valence-corrected chi connectivity index (χ0v) is 15.8. The highest BCUT2D eigenvalue weighted by Gasteiger charge is 2.29. The van der Waals surface area contributed by atoms with Crippen LogP contribution in [0.3, 0.4) is 0 Å². The molecule has 0 saturated carbocycles. The molecular weight excluding hydrogens is 354 g/mol. The number of nitro groups is 1. The van der Waals surface area contributed by atoms with Crippen LogP contribution in [0, 0.1) is 24.0 Å². The number of rotatable bonds is 4. The van der Waals surface area contributed by atoms with Crippen LogP contribution in [0.2, 0.25) is 0 Å². The maximum Gasteiger partial charge on any atom is 0.353 e. The van der Waals surface area contributed by atoms with Gasteiger partial charge in [-0.15, -0.1) is 0 Å². The molecule has 0 saturated heterocycles. The van der Waals surface area contributed by atoms with Crippen molar-refractivity contribution in [3.63, 3.8) is 0 Å². The van der Waals surface area contributed by atoms with Crippen molar-refractivity contribution in [3.05, 3.63) is 81.2 Å². The van der Waals surface area contributed by atoms with Crippen LogP contribution in [0.4, 0.5) is 23.0 Å². The second kappa shape index (κ2) is 7.26. The molecule has 1 aliphatic heterocycles. The van der Waals surface area contributed by atoms with Crippen LogP contribution in [0.25, 0.3) is 0 Å². The number of nitrogens with one attached hydrogen (secondary N) is 1. The summed E-state index contributed by atoms with van der Waals surface area (Å²) in [7, 11) is 0. The van der Waals surface area contributed by atoms with Gasteiger partial charge in [0.1, 0.15) is 6.33 Å². The Morgan fingerprint density at radius 2 is 1.86 bits per heavy atom. The molecule has 0 spiro atoms. The predicted molar refractivity (Wildman–Crippen MR) is 109 cm³/mol. The molecule has 0 amide bonds. The summed E-state index contributed by atoms with van der Waals surface area (Å²) in [4.78, 5) is 21.9. The largest absolute Gasteiger partial charge is 0.353 e. The van der Waals surface area contributed by atoms with E-state index in [0.717, 1.165) is 23.2 Å². The maximum atomic E-state index is 11.9. The second-order valence-electron chi connectivity index (χ2n) is 6.96. The van der Waals surface area contributed by atoms with E-state index in [2.05, 4.69) is 27.4 Å². The van der Waals surface area contributed by atoms with E-state index >= 15 is 0 Å². The van der Waals surface area contributed by atoms with Gasteiger partial charge in [0.05, 0.1) is 4.92 Å². The number of anilines is 3. The molecular formula is C21H21N5O2. The van der Waals surface area contributed by atoms with Crippen molar-refractivity contribution in [1.82, 2.24) is 9.97 Å². The monoisotopic (exact) mass is 375 g/mol. The third-order valence-electron chi connectivity index (χ3n) is 5.27.